The highest BCUT2D eigenvalue weighted by molar-refractivity contribution is 5.99. The van der Waals surface area contributed by atoms with Gasteiger partial charge in [-0.1, -0.05) is 0 Å². The number of carbonyl (C=O) groups is 1. The number of nitrogens with zero attached hydrogens (tertiary/aromatic N) is 3. The maximum atomic E-state index is 10.9. The lowest BCUT2D eigenvalue weighted by molar-refractivity contribution is 0.0700. The summed E-state index contributed by atoms with van der Waals surface area (Å²) in [5.41, 5.74) is 0.428. The van der Waals surface area contributed by atoms with Gasteiger partial charge < -0.3 is 10.4 Å². The minimum absolute atomic E-state index is 0.0908. The molecule has 0 saturated carbocycles. The predicted octanol–water partition coefficient (Wildman–Crippen LogP) is 0.469. The maximum Gasteiger partial charge on any atom is 0.343 e. The number of anilines is 1. The first-order chi connectivity index (χ1) is 6.74. The van der Waals surface area contributed by atoms with E-state index in [4.69, 9.17) is 5.11 Å². The molecule has 0 fully saturated rings. The Hall–Kier alpha value is -2.11. The predicted molar refractivity (Wildman–Crippen MR) is 49.5 cm³/mol. The lowest BCUT2D eigenvalue weighted by atomic mass is 10.3. The fourth-order valence-electron chi connectivity index (χ4n) is 1.26. The van der Waals surface area contributed by atoms with Crippen LogP contribution in [0.1, 0.15) is 10.4 Å². The van der Waals surface area contributed by atoms with Crippen LogP contribution in [-0.4, -0.2) is 32.7 Å². The number of aromatic carboxylic acids is 1. The summed E-state index contributed by atoms with van der Waals surface area (Å²) in [7, 11) is 1.62. The number of nitrogens with one attached hydrogen (secondary N) is 1. The van der Waals surface area contributed by atoms with Gasteiger partial charge >= 0.3 is 5.97 Å². The largest absolute Gasteiger partial charge is 0.477 e. The average molecular weight is 192 g/mol. The number of aromatic nitrogens is 3. The van der Waals surface area contributed by atoms with Crippen molar-refractivity contribution in [2.45, 2.75) is 0 Å². The first kappa shape index (κ1) is 8.49. The highest BCUT2D eigenvalue weighted by Crippen LogP contribution is 2.17. The SMILES string of the molecule is CNc1nn2cccnc2c1C(=O)O. The summed E-state index contributed by atoms with van der Waals surface area (Å²) < 4.78 is 1.43. The molecule has 2 aromatic rings. The summed E-state index contributed by atoms with van der Waals surface area (Å²) >= 11 is 0. The molecular weight excluding hydrogens is 184 g/mol. The molecule has 0 amide bonds. The Labute approximate surface area is 79.2 Å². The summed E-state index contributed by atoms with van der Waals surface area (Å²) in [5, 5.41) is 15.7. The van der Waals surface area contributed by atoms with E-state index in [9.17, 15) is 4.79 Å². The summed E-state index contributed by atoms with van der Waals surface area (Å²) in [6, 6.07) is 1.69. The molecule has 2 N–H and O–H groups in total. The fourth-order valence-corrected chi connectivity index (χ4v) is 1.26. The molecule has 6 nitrogen and oxygen atoms in total. The molecule has 0 atom stereocenters. The van der Waals surface area contributed by atoms with Crippen molar-refractivity contribution in [1.82, 2.24) is 14.6 Å². The highest BCUT2D eigenvalue weighted by atomic mass is 16.4. The molecule has 72 valence electrons. The van der Waals surface area contributed by atoms with Crippen molar-refractivity contribution in [3.05, 3.63) is 24.0 Å². The van der Waals surface area contributed by atoms with Crippen molar-refractivity contribution >= 4 is 17.4 Å². The normalized spacial score (nSPS) is 10.4. The van der Waals surface area contributed by atoms with E-state index in [0.29, 0.717) is 11.5 Å². The van der Waals surface area contributed by atoms with Crippen molar-refractivity contribution in [2.75, 3.05) is 12.4 Å². The van der Waals surface area contributed by atoms with Crippen LogP contribution in [0.4, 0.5) is 5.82 Å². The van der Waals surface area contributed by atoms with Crippen LogP contribution < -0.4 is 5.32 Å². The van der Waals surface area contributed by atoms with E-state index in [0.717, 1.165) is 0 Å². The molecule has 2 heterocycles. The van der Waals surface area contributed by atoms with Gasteiger partial charge in [0.1, 0.15) is 5.56 Å². The number of carboxylic acid groups (broad SMARTS) is 1. The van der Waals surface area contributed by atoms with Gasteiger partial charge in [-0.05, 0) is 6.07 Å². The van der Waals surface area contributed by atoms with E-state index < -0.39 is 5.97 Å². The molecule has 0 aromatic carbocycles. The van der Waals surface area contributed by atoms with Crippen LogP contribution in [0, 0.1) is 0 Å². The van der Waals surface area contributed by atoms with Crippen molar-refractivity contribution in [2.24, 2.45) is 0 Å². The van der Waals surface area contributed by atoms with Crippen LogP contribution in [0.3, 0.4) is 0 Å². The first-order valence-electron chi connectivity index (χ1n) is 3.98. The molecule has 0 spiro atoms. The standard InChI is InChI=1S/C8H8N4O2/c1-9-6-5(8(13)14)7-10-3-2-4-12(7)11-6/h2-4H,1H3,(H,9,11)(H,13,14). The van der Waals surface area contributed by atoms with Crippen molar-refractivity contribution in [3.8, 4) is 0 Å². The summed E-state index contributed by atoms with van der Waals surface area (Å²) in [6.45, 7) is 0. The monoisotopic (exact) mass is 192 g/mol. The Kier molecular flexibility index (Phi) is 1.81. The van der Waals surface area contributed by atoms with Crippen molar-refractivity contribution in [1.29, 1.82) is 0 Å². The van der Waals surface area contributed by atoms with Gasteiger partial charge in [0.25, 0.3) is 0 Å². The maximum absolute atomic E-state index is 10.9. The summed E-state index contributed by atoms with van der Waals surface area (Å²) in [6.07, 6.45) is 3.18. The average Bonchev–Trinajstić information content (AvgIpc) is 2.55. The molecule has 14 heavy (non-hydrogen) atoms. The Morgan fingerprint density at radius 3 is 3.07 bits per heavy atom. The third-order valence-electron chi connectivity index (χ3n) is 1.85. The molecule has 0 radical (unpaired) electrons. The third kappa shape index (κ3) is 1.08. The second-order valence-electron chi connectivity index (χ2n) is 2.67. The highest BCUT2D eigenvalue weighted by Gasteiger charge is 2.18. The Balaban J connectivity index is 2.81. The Morgan fingerprint density at radius 2 is 2.43 bits per heavy atom. The molecule has 0 aliphatic heterocycles. The van der Waals surface area contributed by atoms with E-state index in [1.165, 1.54) is 10.7 Å². The van der Waals surface area contributed by atoms with Gasteiger partial charge in [0.05, 0.1) is 0 Å². The van der Waals surface area contributed by atoms with Crippen LogP contribution in [-0.2, 0) is 0 Å². The number of hydrogen-bond acceptors (Lipinski definition) is 4. The molecule has 0 aliphatic carbocycles. The minimum atomic E-state index is -1.04. The second kappa shape index (κ2) is 2.99. The van der Waals surface area contributed by atoms with Crippen LogP contribution in [0.15, 0.2) is 18.5 Å². The van der Waals surface area contributed by atoms with E-state index in [1.54, 1.807) is 19.3 Å². The topological polar surface area (TPSA) is 79.5 Å². The van der Waals surface area contributed by atoms with Gasteiger partial charge in [-0.25, -0.2) is 14.3 Å². The zero-order valence-corrected chi connectivity index (χ0v) is 7.43. The molecule has 0 unspecified atom stereocenters. The van der Waals surface area contributed by atoms with Gasteiger partial charge in [0.15, 0.2) is 11.5 Å². The molecular formula is C8H8N4O2. The molecule has 0 bridgehead atoms. The van der Waals surface area contributed by atoms with Crippen LogP contribution in [0.5, 0.6) is 0 Å². The number of rotatable bonds is 2. The number of carboxylic acids is 1. The Bertz CT molecular complexity index is 491. The van der Waals surface area contributed by atoms with E-state index in [1.807, 2.05) is 0 Å². The van der Waals surface area contributed by atoms with Gasteiger partial charge in [-0.15, -0.1) is 5.10 Å². The van der Waals surface area contributed by atoms with E-state index in [-0.39, 0.29) is 5.56 Å². The first-order valence-corrected chi connectivity index (χ1v) is 3.98. The zero-order chi connectivity index (χ0) is 10.1. The minimum Gasteiger partial charge on any atom is -0.477 e. The molecule has 0 aliphatic rings. The van der Waals surface area contributed by atoms with Crippen molar-refractivity contribution < 1.29 is 9.90 Å². The molecule has 6 heteroatoms. The van der Waals surface area contributed by atoms with Crippen LogP contribution in [0.2, 0.25) is 0 Å². The van der Waals surface area contributed by atoms with Gasteiger partial charge in [0, 0.05) is 19.4 Å². The Morgan fingerprint density at radius 1 is 1.64 bits per heavy atom. The zero-order valence-electron chi connectivity index (χ0n) is 7.43. The molecule has 0 saturated heterocycles. The van der Waals surface area contributed by atoms with Crippen molar-refractivity contribution in [3.63, 3.8) is 0 Å². The quantitative estimate of drug-likeness (QED) is 0.723. The fraction of sp³-hybridized carbons (Fsp3) is 0.125. The lowest BCUT2D eigenvalue weighted by Gasteiger charge is -1.93. The van der Waals surface area contributed by atoms with Gasteiger partial charge in [0.2, 0.25) is 0 Å². The lowest BCUT2D eigenvalue weighted by Crippen LogP contribution is -2.01. The second-order valence-corrected chi connectivity index (χ2v) is 2.67. The smallest absolute Gasteiger partial charge is 0.343 e. The van der Waals surface area contributed by atoms with Crippen LogP contribution >= 0.6 is 0 Å². The van der Waals surface area contributed by atoms with E-state index >= 15 is 0 Å². The summed E-state index contributed by atoms with van der Waals surface area (Å²) in [5.74, 6) is -0.723. The van der Waals surface area contributed by atoms with Gasteiger partial charge in [-0.3, -0.25) is 0 Å². The number of fused-ring (bicyclic) bond motifs is 1. The molecule has 2 rings (SSSR count). The van der Waals surface area contributed by atoms with Crippen LogP contribution in [0.25, 0.3) is 5.65 Å². The summed E-state index contributed by atoms with van der Waals surface area (Å²) in [4.78, 5) is 14.9. The van der Waals surface area contributed by atoms with Gasteiger partial charge in [-0.2, -0.15) is 0 Å². The number of hydrogen-bond donors (Lipinski definition) is 2. The third-order valence-corrected chi connectivity index (χ3v) is 1.85. The molecule has 2 aromatic heterocycles. The van der Waals surface area contributed by atoms with E-state index in [2.05, 4.69) is 15.4 Å².